The molecule has 6 heteroatoms. The molecule has 0 saturated carbocycles. The van der Waals surface area contributed by atoms with E-state index < -0.39 is 11.3 Å². The molecule has 0 aromatic heterocycles. The Hall–Kier alpha value is -3.48. The van der Waals surface area contributed by atoms with Crippen LogP contribution in [-0.2, 0) is 19.7 Å². The van der Waals surface area contributed by atoms with Crippen molar-refractivity contribution in [2.45, 2.75) is 18.3 Å². The molecule has 1 aliphatic heterocycles. The molecule has 0 spiro atoms. The van der Waals surface area contributed by atoms with Gasteiger partial charge in [-0.2, -0.15) is 0 Å². The highest BCUT2D eigenvalue weighted by molar-refractivity contribution is 6.00. The van der Waals surface area contributed by atoms with Crippen LogP contribution in [0.15, 0.2) is 72.8 Å². The van der Waals surface area contributed by atoms with Gasteiger partial charge in [-0.15, -0.1) is 0 Å². The van der Waals surface area contributed by atoms with Crippen LogP contribution in [0.5, 0.6) is 0 Å². The number of rotatable bonds is 5. The minimum absolute atomic E-state index is 0.0692. The molecular formula is C25H24N2O4. The van der Waals surface area contributed by atoms with Gasteiger partial charge in [-0.1, -0.05) is 54.6 Å². The first-order valence-corrected chi connectivity index (χ1v) is 10.2. The average molecular weight is 416 g/mol. The summed E-state index contributed by atoms with van der Waals surface area (Å²) >= 11 is 0. The molecule has 3 aromatic rings. The Balaban J connectivity index is 1.63. The molecule has 3 N–H and O–H groups in total. The molecule has 3 aromatic carbocycles. The van der Waals surface area contributed by atoms with Gasteiger partial charge in [0.25, 0.3) is 5.91 Å². The lowest BCUT2D eigenvalue weighted by molar-refractivity contribution is -0.125. The van der Waals surface area contributed by atoms with Gasteiger partial charge in [0.1, 0.15) is 0 Å². The fraction of sp³-hybridized carbons (Fsp3) is 0.200. The normalized spacial score (nSPS) is 15.6. The second kappa shape index (κ2) is 9.12. The van der Waals surface area contributed by atoms with Crippen molar-refractivity contribution in [3.05, 3.63) is 83.9 Å². The maximum atomic E-state index is 13.6. The maximum absolute atomic E-state index is 13.6. The van der Waals surface area contributed by atoms with Gasteiger partial charge in [-0.05, 0) is 52.9 Å². The maximum Gasteiger partial charge on any atom is 0.267 e. The lowest BCUT2D eigenvalue weighted by Crippen LogP contribution is -2.44. The first kappa shape index (κ1) is 20.8. The van der Waals surface area contributed by atoms with E-state index in [2.05, 4.69) is 29.6 Å². The Morgan fingerprint density at radius 1 is 0.935 bits per heavy atom. The number of carbonyl (C=O) groups is 2. The molecule has 2 amide bonds. The molecule has 31 heavy (non-hydrogen) atoms. The van der Waals surface area contributed by atoms with Gasteiger partial charge in [-0.25, -0.2) is 5.48 Å². The van der Waals surface area contributed by atoms with E-state index in [9.17, 15) is 9.59 Å². The first-order chi connectivity index (χ1) is 15.1. The van der Waals surface area contributed by atoms with E-state index in [-0.39, 0.29) is 5.91 Å². The lowest BCUT2D eigenvalue weighted by atomic mass is 9.73. The molecule has 0 radical (unpaired) electrons. The highest BCUT2D eigenvalue weighted by atomic mass is 16.5. The number of hydrogen-bond donors (Lipinski definition) is 3. The Labute approximate surface area is 180 Å². The number of fused-ring (bicyclic) bond motifs is 1. The van der Waals surface area contributed by atoms with Crippen molar-refractivity contribution < 1.29 is 19.5 Å². The number of benzene rings is 3. The number of nitrogens with one attached hydrogen (secondary N) is 2. The largest absolute Gasteiger partial charge is 0.381 e. The smallest absolute Gasteiger partial charge is 0.267 e. The van der Waals surface area contributed by atoms with E-state index in [0.29, 0.717) is 31.7 Å². The minimum Gasteiger partial charge on any atom is -0.381 e. The fourth-order valence-electron chi connectivity index (χ4n) is 4.03. The van der Waals surface area contributed by atoms with Crippen LogP contribution in [0.25, 0.3) is 16.8 Å². The Bertz CT molecular complexity index is 1130. The van der Waals surface area contributed by atoms with Gasteiger partial charge in [0.15, 0.2) is 0 Å². The fourth-order valence-corrected chi connectivity index (χ4v) is 4.03. The third-order valence-electron chi connectivity index (χ3n) is 5.76. The van der Waals surface area contributed by atoms with Crippen LogP contribution >= 0.6 is 0 Å². The topological polar surface area (TPSA) is 87.7 Å². The summed E-state index contributed by atoms with van der Waals surface area (Å²) in [7, 11) is 0. The van der Waals surface area contributed by atoms with E-state index >= 15 is 0 Å². The van der Waals surface area contributed by atoms with Crippen molar-refractivity contribution in [2.24, 2.45) is 0 Å². The molecule has 6 nitrogen and oxygen atoms in total. The number of amides is 2. The summed E-state index contributed by atoms with van der Waals surface area (Å²) in [5.74, 6) is -0.688. The van der Waals surface area contributed by atoms with Gasteiger partial charge >= 0.3 is 0 Å². The van der Waals surface area contributed by atoms with E-state index in [1.807, 2.05) is 30.3 Å². The van der Waals surface area contributed by atoms with Crippen LogP contribution in [-0.4, -0.2) is 30.2 Å². The monoisotopic (exact) mass is 416 g/mol. The van der Waals surface area contributed by atoms with Crippen LogP contribution in [0, 0.1) is 0 Å². The van der Waals surface area contributed by atoms with Crippen molar-refractivity contribution in [2.75, 3.05) is 18.5 Å². The zero-order valence-electron chi connectivity index (χ0n) is 17.0. The van der Waals surface area contributed by atoms with E-state index in [0.717, 1.165) is 21.9 Å². The van der Waals surface area contributed by atoms with Crippen LogP contribution in [0.3, 0.4) is 0 Å². The lowest BCUT2D eigenvalue weighted by Gasteiger charge is -2.36. The summed E-state index contributed by atoms with van der Waals surface area (Å²) in [6, 6.07) is 21.5. The average Bonchev–Trinajstić information content (AvgIpc) is 2.82. The quantitative estimate of drug-likeness (QED) is 0.333. The van der Waals surface area contributed by atoms with Gasteiger partial charge in [0, 0.05) is 25.0 Å². The van der Waals surface area contributed by atoms with Gasteiger partial charge in [-0.3, -0.25) is 14.8 Å². The Kier molecular flexibility index (Phi) is 6.11. The highest BCUT2D eigenvalue weighted by Gasteiger charge is 2.41. The van der Waals surface area contributed by atoms with Crippen molar-refractivity contribution in [1.82, 2.24) is 5.48 Å². The second-order valence-corrected chi connectivity index (χ2v) is 7.65. The number of carbonyl (C=O) groups excluding carboxylic acids is 2. The summed E-state index contributed by atoms with van der Waals surface area (Å²) in [4.78, 5) is 24.8. The molecule has 158 valence electrons. The second-order valence-electron chi connectivity index (χ2n) is 7.65. The number of hydrogen-bond acceptors (Lipinski definition) is 4. The molecular weight excluding hydrogens is 392 g/mol. The molecule has 1 heterocycles. The van der Waals surface area contributed by atoms with Gasteiger partial charge < -0.3 is 10.1 Å². The molecule has 0 bridgehead atoms. The molecule has 4 rings (SSSR count). The molecule has 1 fully saturated rings. The van der Waals surface area contributed by atoms with Crippen molar-refractivity contribution in [3.63, 3.8) is 0 Å². The third-order valence-corrected chi connectivity index (χ3v) is 5.76. The minimum atomic E-state index is -0.676. The number of hydroxylamine groups is 1. The summed E-state index contributed by atoms with van der Waals surface area (Å²) in [5, 5.41) is 13.9. The van der Waals surface area contributed by atoms with Crippen LogP contribution in [0.2, 0.25) is 0 Å². The van der Waals surface area contributed by atoms with Gasteiger partial charge in [0.05, 0.1) is 5.41 Å². The molecule has 0 atom stereocenters. The molecule has 1 saturated heterocycles. The standard InChI is InChI=1S/C25H24N2O4/c28-23(27-30)11-8-18-4-3-7-22(16-18)26-24(29)25(12-14-31-15-13-25)21-10-9-19-5-1-2-6-20(19)17-21/h1-11,16-17,30H,12-15H2,(H,26,29)(H,27,28). The van der Waals surface area contributed by atoms with E-state index in [4.69, 9.17) is 9.94 Å². The predicted molar refractivity (Wildman–Crippen MR) is 120 cm³/mol. The van der Waals surface area contributed by atoms with Crippen molar-refractivity contribution in [1.29, 1.82) is 0 Å². The number of ether oxygens (including phenoxy) is 1. The SMILES string of the molecule is O=C(C=Cc1cccc(NC(=O)C2(c3ccc4ccccc4c3)CCOCC2)c1)NO. The summed E-state index contributed by atoms with van der Waals surface area (Å²) in [5.41, 5.74) is 3.24. The van der Waals surface area contributed by atoms with Gasteiger partial charge in [0.2, 0.25) is 5.91 Å². The van der Waals surface area contributed by atoms with Crippen LogP contribution < -0.4 is 10.8 Å². The first-order valence-electron chi connectivity index (χ1n) is 10.2. The Morgan fingerprint density at radius 2 is 1.71 bits per heavy atom. The highest BCUT2D eigenvalue weighted by Crippen LogP contribution is 2.37. The van der Waals surface area contributed by atoms with E-state index in [1.54, 1.807) is 23.7 Å². The predicted octanol–water partition coefficient (Wildman–Crippen LogP) is 4.05. The zero-order valence-corrected chi connectivity index (χ0v) is 17.0. The number of anilines is 1. The zero-order chi connectivity index (χ0) is 21.7. The summed E-state index contributed by atoms with van der Waals surface area (Å²) < 4.78 is 5.57. The summed E-state index contributed by atoms with van der Waals surface area (Å²) in [6.45, 7) is 1.05. The Morgan fingerprint density at radius 3 is 2.48 bits per heavy atom. The molecule has 1 aliphatic rings. The van der Waals surface area contributed by atoms with Crippen LogP contribution in [0.4, 0.5) is 5.69 Å². The molecule has 0 aliphatic carbocycles. The summed E-state index contributed by atoms with van der Waals surface area (Å²) in [6.07, 6.45) is 3.99. The van der Waals surface area contributed by atoms with E-state index in [1.165, 1.54) is 6.08 Å². The molecule has 0 unspecified atom stereocenters. The van der Waals surface area contributed by atoms with Crippen molar-refractivity contribution in [3.8, 4) is 0 Å². The third kappa shape index (κ3) is 4.50. The van der Waals surface area contributed by atoms with Crippen molar-refractivity contribution >= 4 is 34.4 Å². The van der Waals surface area contributed by atoms with Crippen LogP contribution in [0.1, 0.15) is 24.0 Å².